The van der Waals surface area contributed by atoms with Crippen LogP contribution in [0, 0.1) is 6.92 Å². The van der Waals surface area contributed by atoms with Crippen LogP contribution in [0.25, 0.3) is 0 Å². The molecule has 0 aliphatic carbocycles. The summed E-state index contributed by atoms with van der Waals surface area (Å²) in [6.45, 7) is 2.91. The van der Waals surface area contributed by atoms with E-state index in [9.17, 15) is 0 Å². The van der Waals surface area contributed by atoms with Crippen molar-refractivity contribution in [3.05, 3.63) is 53.2 Å². The van der Waals surface area contributed by atoms with Crippen LogP contribution in [0.15, 0.2) is 41.6 Å². The van der Waals surface area contributed by atoms with E-state index >= 15 is 0 Å². The lowest BCUT2D eigenvalue weighted by Crippen LogP contribution is -2.25. The lowest BCUT2D eigenvalue weighted by molar-refractivity contribution is 0.322. The van der Waals surface area contributed by atoms with Gasteiger partial charge < -0.3 is 10.1 Å². The SMILES string of the molecule is Cc1nc(N2CCCc3ccccc32)ccc1/C=N/O. The number of aromatic nitrogens is 1. The third-order valence-corrected chi connectivity index (χ3v) is 3.70. The fourth-order valence-electron chi connectivity index (χ4n) is 2.68. The molecule has 1 aromatic carbocycles. The quantitative estimate of drug-likeness (QED) is 0.516. The smallest absolute Gasteiger partial charge is 0.133 e. The Labute approximate surface area is 118 Å². The van der Waals surface area contributed by atoms with Crippen molar-refractivity contribution < 1.29 is 5.21 Å². The second kappa shape index (κ2) is 5.33. The van der Waals surface area contributed by atoms with Crippen molar-refractivity contribution in [1.29, 1.82) is 0 Å². The third kappa shape index (κ3) is 2.25. The van der Waals surface area contributed by atoms with Crippen molar-refractivity contribution in [1.82, 2.24) is 4.98 Å². The maximum atomic E-state index is 8.62. The van der Waals surface area contributed by atoms with E-state index in [-0.39, 0.29) is 0 Å². The number of fused-ring (bicyclic) bond motifs is 1. The molecule has 0 fully saturated rings. The molecule has 0 spiro atoms. The minimum absolute atomic E-state index is 0.835. The molecule has 4 heteroatoms. The molecule has 0 unspecified atom stereocenters. The first-order valence-electron chi connectivity index (χ1n) is 6.80. The summed E-state index contributed by atoms with van der Waals surface area (Å²) in [5.41, 5.74) is 4.32. The molecular weight excluding hydrogens is 250 g/mol. The Morgan fingerprint density at radius 3 is 2.90 bits per heavy atom. The Kier molecular flexibility index (Phi) is 3.37. The number of aryl methyl sites for hydroxylation is 2. The highest BCUT2D eigenvalue weighted by molar-refractivity contribution is 5.81. The minimum atomic E-state index is 0.835. The predicted octanol–water partition coefficient (Wildman–Crippen LogP) is 3.28. The van der Waals surface area contributed by atoms with Crippen LogP contribution in [0.4, 0.5) is 11.5 Å². The maximum absolute atomic E-state index is 8.62. The zero-order chi connectivity index (χ0) is 13.9. The van der Waals surface area contributed by atoms with Gasteiger partial charge in [-0.1, -0.05) is 23.4 Å². The van der Waals surface area contributed by atoms with Crippen molar-refractivity contribution >= 4 is 17.7 Å². The average molecular weight is 267 g/mol. The molecule has 1 N–H and O–H groups in total. The van der Waals surface area contributed by atoms with Gasteiger partial charge in [-0.2, -0.15) is 0 Å². The normalized spacial score (nSPS) is 14.6. The molecule has 0 radical (unpaired) electrons. The Balaban J connectivity index is 2.00. The molecule has 3 rings (SSSR count). The van der Waals surface area contributed by atoms with Crippen LogP contribution >= 0.6 is 0 Å². The van der Waals surface area contributed by atoms with Gasteiger partial charge in [-0.25, -0.2) is 4.98 Å². The van der Waals surface area contributed by atoms with E-state index in [1.165, 1.54) is 17.5 Å². The second-order valence-corrected chi connectivity index (χ2v) is 4.97. The number of oxime groups is 1. The van der Waals surface area contributed by atoms with Gasteiger partial charge in [0.15, 0.2) is 0 Å². The Morgan fingerprint density at radius 2 is 2.10 bits per heavy atom. The Bertz CT molecular complexity index is 652. The Morgan fingerprint density at radius 1 is 1.25 bits per heavy atom. The molecule has 0 bridgehead atoms. The van der Waals surface area contributed by atoms with Gasteiger partial charge in [-0.3, -0.25) is 0 Å². The number of para-hydroxylation sites is 1. The van der Waals surface area contributed by atoms with Crippen molar-refractivity contribution in [2.24, 2.45) is 5.16 Å². The summed E-state index contributed by atoms with van der Waals surface area (Å²) in [5.74, 6) is 0.949. The lowest BCUT2D eigenvalue weighted by atomic mass is 10.0. The molecule has 1 aliphatic rings. The van der Waals surface area contributed by atoms with Crippen LogP contribution in [0.1, 0.15) is 23.2 Å². The molecule has 0 saturated heterocycles. The van der Waals surface area contributed by atoms with Crippen molar-refractivity contribution in [2.45, 2.75) is 19.8 Å². The first-order valence-corrected chi connectivity index (χ1v) is 6.80. The molecule has 1 aliphatic heterocycles. The molecule has 2 aromatic rings. The molecule has 1 aromatic heterocycles. The number of hydrogen-bond donors (Lipinski definition) is 1. The molecule has 0 saturated carbocycles. The van der Waals surface area contributed by atoms with Gasteiger partial charge in [0.25, 0.3) is 0 Å². The van der Waals surface area contributed by atoms with Gasteiger partial charge in [-0.15, -0.1) is 0 Å². The highest BCUT2D eigenvalue weighted by Gasteiger charge is 2.18. The summed E-state index contributed by atoms with van der Waals surface area (Å²) in [4.78, 5) is 6.89. The fraction of sp³-hybridized carbons (Fsp3) is 0.250. The second-order valence-electron chi connectivity index (χ2n) is 4.97. The lowest BCUT2D eigenvalue weighted by Gasteiger charge is -2.30. The fourth-order valence-corrected chi connectivity index (χ4v) is 2.68. The van der Waals surface area contributed by atoms with Crippen LogP contribution in [0.2, 0.25) is 0 Å². The van der Waals surface area contributed by atoms with Gasteiger partial charge in [0, 0.05) is 23.5 Å². The maximum Gasteiger partial charge on any atom is 0.133 e. The predicted molar refractivity (Wildman–Crippen MR) is 80.1 cm³/mol. The van der Waals surface area contributed by atoms with Crippen LogP contribution in [0.5, 0.6) is 0 Å². The first-order chi connectivity index (χ1) is 9.79. The summed E-state index contributed by atoms with van der Waals surface area (Å²) in [6, 6.07) is 12.4. The molecule has 4 nitrogen and oxygen atoms in total. The number of pyridine rings is 1. The largest absolute Gasteiger partial charge is 0.411 e. The van der Waals surface area contributed by atoms with Gasteiger partial charge in [0.05, 0.1) is 6.21 Å². The van der Waals surface area contributed by atoms with Gasteiger partial charge >= 0.3 is 0 Å². The monoisotopic (exact) mass is 267 g/mol. The average Bonchev–Trinajstić information content (AvgIpc) is 2.49. The molecule has 102 valence electrons. The standard InChI is InChI=1S/C16H17N3O/c1-12-14(11-17-20)8-9-16(18-12)19-10-4-6-13-5-2-3-7-15(13)19/h2-3,5,7-9,11,20H,4,6,10H2,1H3/b17-11+. The van der Waals surface area contributed by atoms with Gasteiger partial charge in [0.1, 0.15) is 5.82 Å². The van der Waals surface area contributed by atoms with Gasteiger partial charge in [0.2, 0.25) is 0 Å². The summed E-state index contributed by atoms with van der Waals surface area (Å²) < 4.78 is 0. The van der Waals surface area contributed by atoms with E-state index < -0.39 is 0 Å². The Hall–Kier alpha value is -2.36. The zero-order valence-electron chi connectivity index (χ0n) is 11.5. The molecule has 0 atom stereocenters. The van der Waals surface area contributed by atoms with Crippen molar-refractivity contribution in [3.63, 3.8) is 0 Å². The highest BCUT2D eigenvalue weighted by Crippen LogP contribution is 2.32. The van der Waals surface area contributed by atoms with E-state index in [4.69, 9.17) is 5.21 Å². The summed E-state index contributed by atoms with van der Waals surface area (Å²) >= 11 is 0. The van der Waals surface area contributed by atoms with E-state index in [2.05, 4.69) is 39.3 Å². The van der Waals surface area contributed by atoms with Crippen molar-refractivity contribution in [2.75, 3.05) is 11.4 Å². The van der Waals surface area contributed by atoms with Gasteiger partial charge in [-0.05, 0) is 43.5 Å². The van der Waals surface area contributed by atoms with Crippen LogP contribution in [-0.4, -0.2) is 23.0 Å². The number of hydrogen-bond acceptors (Lipinski definition) is 4. The summed E-state index contributed by atoms with van der Waals surface area (Å²) in [6.07, 6.45) is 3.68. The molecular formula is C16H17N3O. The van der Waals surface area contributed by atoms with E-state index in [1.54, 1.807) is 0 Å². The molecule has 20 heavy (non-hydrogen) atoms. The zero-order valence-corrected chi connectivity index (χ0v) is 11.5. The van der Waals surface area contributed by atoms with E-state index in [0.29, 0.717) is 0 Å². The van der Waals surface area contributed by atoms with Crippen molar-refractivity contribution in [3.8, 4) is 0 Å². The first kappa shape index (κ1) is 12.7. The highest BCUT2D eigenvalue weighted by atomic mass is 16.4. The number of rotatable bonds is 2. The minimum Gasteiger partial charge on any atom is -0.411 e. The third-order valence-electron chi connectivity index (χ3n) is 3.70. The number of benzene rings is 1. The van der Waals surface area contributed by atoms with E-state index in [0.717, 1.165) is 36.5 Å². The summed E-state index contributed by atoms with van der Waals surface area (Å²) in [7, 11) is 0. The van der Waals surface area contributed by atoms with Crippen LogP contribution in [0.3, 0.4) is 0 Å². The van der Waals surface area contributed by atoms with Crippen LogP contribution in [-0.2, 0) is 6.42 Å². The molecule has 2 heterocycles. The molecule has 0 amide bonds. The van der Waals surface area contributed by atoms with Crippen LogP contribution < -0.4 is 4.90 Å². The topological polar surface area (TPSA) is 48.7 Å². The van der Waals surface area contributed by atoms with E-state index in [1.807, 2.05) is 19.1 Å². The number of nitrogens with zero attached hydrogens (tertiary/aromatic N) is 3. The number of anilines is 2. The summed E-state index contributed by atoms with van der Waals surface area (Å²) in [5, 5.41) is 11.7.